The highest BCUT2D eigenvalue weighted by atomic mass is 16.2. The number of carbonyl (C=O) groups is 1. The van der Waals surface area contributed by atoms with Crippen LogP contribution in [0.15, 0.2) is 54.9 Å². The minimum absolute atomic E-state index is 0.202. The van der Waals surface area contributed by atoms with Crippen LogP contribution in [0.2, 0.25) is 0 Å². The number of amides is 1. The largest absolute Gasteiger partial charge is 0.335 e. The number of hydrogen-bond acceptors (Lipinski definition) is 2. The zero-order chi connectivity index (χ0) is 17.1. The van der Waals surface area contributed by atoms with Crippen LogP contribution >= 0.6 is 0 Å². The second-order valence-corrected chi connectivity index (χ2v) is 7.45. The van der Waals surface area contributed by atoms with Crippen LogP contribution in [0.4, 0.5) is 0 Å². The van der Waals surface area contributed by atoms with Crippen molar-refractivity contribution in [2.24, 2.45) is 5.92 Å². The van der Waals surface area contributed by atoms with Crippen molar-refractivity contribution in [3.63, 3.8) is 0 Å². The van der Waals surface area contributed by atoms with E-state index in [1.165, 1.54) is 24.0 Å². The summed E-state index contributed by atoms with van der Waals surface area (Å²) in [5.74, 6) is 1.13. The van der Waals surface area contributed by atoms with Gasteiger partial charge in [-0.25, -0.2) is 0 Å². The van der Waals surface area contributed by atoms with E-state index in [0.717, 1.165) is 32.2 Å². The maximum Gasteiger partial charge on any atom is 0.226 e. The molecule has 1 aromatic carbocycles. The lowest BCUT2D eigenvalue weighted by atomic mass is 9.70. The summed E-state index contributed by atoms with van der Waals surface area (Å²) in [6, 6.07) is 15.0. The van der Waals surface area contributed by atoms with Crippen molar-refractivity contribution in [1.82, 2.24) is 9.88 Å². The predicted octanol–water partition coefficient (Wildman–Crippen LogP) is 4.72. The van der Waals surface area contributed by atoms with E-state index in [0.29, 0.717) is 11.8 Å². The van der Waals surface area contributed by atoms with Gasteiger partial charge in [-0.1, -0.05) is 43.2 Å². The highest BCUT2D eigenvalue weighted by Crippen LogP contribution is 2.44. The Morgan fingerprint density at radius 2 is 1.68 bits per heavy atom. The summed E-state index contributed by atoms with van der Waals surface area (Å²) in [6.45, 7) is 0.901. The van der Waals surface area contributed by atoms with E-state index in [1.807, 2.05) is 12.4 Å². The second kappa shape index (κ2) is 7.38. The van der Waals surface area contributed by atoms with E-state index in [2.05, 4.69) is 52.3 Å². The number of carbonyl (C=O) groups excluding carboxylic acids is 1. The molecule has 2 heterocycles. The van der Waals surface area contributed by atoms with Crippen LogP contribution in [0, 0.1) is 5.92 Å². The molecule has 0 N–H and O–H groups in total. The minimum atomic E-state index is 0.202. The molecule has 3 heteroatoms. The molecule has 2 aromatic rings. The van der Waals surface area contributed by atoms with Crippen LogP contribution in [0.5, 0.6) is 0 Å². The zero-order valence-electron chi connectivity index (χ0n) is 14.7. The van der Waals surface area contributed by atoms with Crippen LogP contribution in [0.25, 0.3) is 0 Å². The summed E-state index contributed by atoms with van der Waals surface area (Å²) in [6.07, 6.45) is 10.3. The Bertz CT molecular complexity index is 694. The van der Waals surface area contributed by atoms with Crippen LogP contribution in [-0.4, -0.2) is 22.3 Å². The molecule has 130 valence electrons. The molecule has 1 aliphatic carbocycles. The third-order valence-electron chi connectivity index (χ3n) is 5.89. The first-order valence-electron chi connectivity index (χ1n) is 9.58. The molecule has 3 nitrogen and oxygen atoms in total. The predicted molar refractivity (Wildman–Crippen MR) is 99.1 cm³/mol. The maximum absolute atomic E-state index is 13.2. The van der Waals surface area contributed by atoms with Crippen molar-refractivity contribution in [3.05, 3.63) is 66.0 Å². The lowest BCUT2D eigenvalue weighted by Crippen LogP contribution is -2.43. The average molecular weight is 334 g/mol. The standard InChI is InChI=1S/C22H26N2O/c25-22(20-15-19(16-20)17-7-3-1-4-8-17)24-14-6-2-5-9-21(24)18-10-12-23-13-11-18/h1,3-4,7-8,10-13,19-21H,2,5-6,9,14-16H2/t19?,20?,21-/m0/s1. The Morgan fingerprint density at radius 3 is 2.44 bits per heavy atom. The van der Waals surface area contributed by atoms with Gasteiger partial charge in [-0.05, 0) is 54.9 Å². The van der Waals surface area contributed by atoms with Gasteiger partial charge in [-0.15, -0.1) is 0 Å². The van der Waals surface area contributed by atoms with E-state index in [4.69, 9.17) is 0 Å². The molecule has 25 heavy (non-hydrogen) atoms. The third-order valence-corrected chi connectivity index (χ3v) is 5.89. The van der Waals surface area contributed by atoms with Crippen molar-refractivity contribution in [2.75, 3.05) is 6.54 Å². The average Bonchev–Trinajstić information content (AvgIpc) is 2.88. The molecule has 1 saturated heterocycles. The van der Waals surface area contributed by atoms with Crippen LogP contribution in [-0.2, 0) is 4.79 Å². The molecule has 0 bridgehead atoms. The van der Waals surface area contributed by atoms with Gasteiger partial charge in [0.1, 0.15) is 0 Å². The normalized spacial score (nSPS) is 26.6. The first-order valence-corrected chi connectivity index (χ1v) is 9.58. The number of hydrogen-bond donors (Lipinski definition) is 0. The quantitative estimate of drug-likeness (QED) is 0.814. The van der Waals surface area contributed by atoms with Gasteiger partial charge in [0.25, 0.3) is 0 Å². The highest BCUT2D eigenvalue weighted by Gasteiger charge is 2.39. The van der Waals surface area contributed by atoms with E-state index < -0.39 is 0 Å². The van der Waals surface area contributed by atoms with Crippen molar-refractivity contribution >= 4 is 5.91 Å². The molecule has 2 fully saturated rings. The third kappa shape index (κ3) is 3.46. The molecule has 1 amide bonds. The molecular weight excluding hydrogens is 308 g/mol. The number of aromatic nitrogens is 1. The van der Waals surface area contributed by atoms with Gasteiger partial charge in [0.05, 0.1) is 6.04 Å². The fourth-order valence-corrected chi connectivity index (χ4v) is 4.36. The van der Waals surface area contributed by atoms with Gasteiger partial charge in [0.15, 0.2) is 0 Å². The maximum atomic E-state index is 13.2. The Labute approximate surface area is 150 Å². The van der Waals surface area contributed by atoms with Gasteiger partial charge < -0.3 is 4.90 Å². The van der Waals surface area contributed by atoms with Crippen LogP contribution < -0.4 is 0 Å². The zero-order valence-corrected chi connectivity index (χ0v) is 14.7. The highest BCUT2D eigenvalue weighted by molar-refractivity contribution is 5.80. The fourth-order valence-electron chi connectivity index (χ4n) is 4.36. The van der Waals surface area contributed by atoms with Crippen molar-refractivity contribution < 1.29 is 4.79 Å². The van der Waals surface area contributed by atoms with E-state index >= 15 is 0 Å². The van der Waals surface area contributed by atoms with E-state index in [9.17, 15) is 4.79 Å². The lowest BCUT2D eigenvalue weighted by Gasteiger charge is -2.40. The monoisotopic (exact) mass is 334 g/mol. The number of likely N-dealkylation sites (tertiary alicyclic amines) is 1. The Kier molecular flexibility index (Phi) is 4.82. The Morgan fingerprint density at radius 1 is 0.920 bits per heavy atom. The summed E-state index contributed by atoms with van der Waals surface area (Å²) in [4.78, 5) is 19.5. The van der Waals surface area contributed by atoms with Gasteiger partial charge >= 0.3 is 0 Å². The van der Waals surface area contributed by atoms with Gasteiger partial charge in [-0.2, -0.15) is 0 Å². The van der Waals surface area contributed by atoms with Gasteiger partial charge in [0, 0.05) is 24.9 Å². The minimum Gasteiger partial charge on any atom is -0.335 e. The molecule has 1 saturated carbocycles. The molecular formula is C22H26N2O. The summed E-state index contributed by atoms with van der Waals surface area (Å²) < 4.78 is 0. The molecule has 0 radical (unpaired) electrons. The first kappa shape index (κ1) is 16.3. The molecule has 1 aromatic heterocycles. The van der Waals surface area contributed by atoms with E-state index in [-0.39, 0.29) is 12.0 Å². The Hall–Kier alpha value is -2.16. The number of benzene rings is 1. The molecule has 0 unspecified atom stereocenters. The van der Waals surface area contributed by atoms with Crippen molar-refractivity contribution in [2.45, 2.75) is 50.5 Å². The molecule has 2 aliphatic rings. The number of pyridine rings is 1. The molecule has 1 atom stereocenters. The smallest absolute Gasteiger partial charge is 0.226 e. The van der Waals surface area contributed by atoms with Crippen molar-refractivity contribution in [3.8, 4) is 0 Å². The molecule has 4 rings (SSSR count). The fraction of sp³-hybridized carbons (Fsp3) is 0.455. The SMILES string of the molecule is O=C(C1CC(c2ccccc2)C1)N1CCCCC[C@H]1c1ccncc1. The number of rotatable bonds is 3. The summed E-state index contributed by atoms with van der Waals surface area (Å²) in [7, 11) is 0. The summed E-state index contributed by atoms with van der Waals surface area (Å²) in [5.41, 5.74) is 2.62. The molecule has 1 aliphatic heterocycles. The first-order chi connectivity index (χ1) is 12.3. The lowest BCUT2D eigenvalue weighted by molar-refractivity contribution is -0.141. The number of nitrogens with zero attached hydrogens (tertiary/aromatic N) is 2. The van der Waals surface area contributed by atoms with Gasteiger partial charge in [-0.3, -0.25) is 9.78 Å². The van der Waals surface area contributed by atoms with Crippen LogP contribution in [0.3, 0.4) is 0 Å². The topological polar surface area (TPSA) is 33.2 Å². The van der Waals surface area contributed by atoms with E-state index in [1.54, 1.807) is 0 Å². The summed E-state index contributed by atoms with van der Waals surface area (Å²) in [5, 5.41) is 0. The second-order valence-electron chi connectivity index (χ2n) is 7.45. The molecule has 0 spiro atoms. The van der Waals surface area contributed by atoms with Crippen molar-refractivity contribution in [1.29, 1.82) is 0 Å². The Balaban J connectivity index is 1.46. The summed E-state index contributed by atoms with van der Waals surface area (Å²) >= 11 is 0. The van der Waals surface area contributed by atoms with Gasteiger partial charge in [0.2, 0.25) is 5.91 Å². The van der Waals surface area contributed by atoms with Crippen LogP contribution in [0.1, 0.15) is 61.6 Å².